The van der Waals surface area contributed by atoms with Crippen molar-refractivity contribution < 1.29 is 23.9 Å². The lowest BCUT2D eigenvalue weighted by Gasteiger charge is -2.18. The van der Waals surface area contributed by atoms with Gasteiger partial charge in [-0.05, 0) is 56.7 Å². The van der Waals surface area contributed by atoms with Crippen molar-refractivity contribution in [2.45, 2.75) is 40.0 Å². The van der Waals surface area contributed by atoms with E-state index in [1.54, 1.807) is 13.0 Å². The molecule has 2 aromatic rings. The molecule has 0 radical (unpaired) electrons. The van der Waals surface area contributed by atoms with Gasteiger partial charge in [-0.1, -0.05) is 6.92 Å². The molecule has 1 aliphatic carbocycles. The van der Waals surface area contributed by atoms with Crippen LogP contribution in [0.4, 0.5) is 5.00 Å². The molecule has 8 heteroatoms. The first-order chi connectivity index (χ1) is 13.4. The second kappa shape index (κ2) is 8.87. The van der Waals surface area contributed by atoms with Gasteiger partial charge < -0.3 is 14.8 Å². The number of anilines is 1. The normalized spacial score (nSPS) is 15.6. The molecule has 0 aliphatic heterocycles. The molecule has 0 spiro atoms. The molecule has 0 bridgehead atoms. The quantitative estimate of drug-likeness (QED) is 0.707. The molecule has 2 heterocycles. The number of carbonyl (C=O) groups excluding carboxylic acids is 3. The van der Waals surface area contributed by atoms with Crippen LogP contribution in [0.1, 0.15) is 55.6 Å². The molecular formula is C20H23NO5S2. The Morgan fingerprint density at radius 1 is 1.18 bits per heavy atom. The molecular weight excluding hydrogens is 398 g/mol. The van der Waals surface area contributed by atoms with Crippen LogP contribution in [0.15, 0.2) is 12.1 Å². The van der Waals surface area contributed by atoms with E-state index in [2.05, 4.69) is 12.2 Å². The lowest BCUT2D eigenvalue weighted by atomic mass is 9.88. The van der Waals surface area contributed by atoms with Gasteiger partial charge in [-0.3, -0.25) is 4.79 Å². The fourth-order valence-corrected chi connectivity index (χ4v) is 5.34. The zero-order valence-corrected chi connectivity index (χ0v) is 17.8. The molecule has 6 nitrogen and oxygen atoms in total. The Morgan fingerprint density at radius 2 is 1.96 bits per heavy atom. The highest BCUT2D eigenvalue weighted by Gasteiger charge is 2.29. The summed E-state index contributed by atoms with van der Waals surface area (Å²) in [5.41, 5.74) is 1.42. The molecule has 28 heavy (non-hydrogen) atoms. The van der Waals surface area contributed by atoms with Crippen LogP contribution in [0.2, 0.25) is 0 Å². The first-order valence-electron chi connectivity index (χ1n) is 9.24. The van der Waals surface area contributed by atoms with Gasteiger partial charge in [0.1, 0.15) is 9.88 Å². The Hall–Kier alpha value is -2.19. The Bertz CT molecular complexity index is 899. The van der Waals surface area contributed by atoms with Crippen molar-refractivity contribution in [2.75, 3.05) is 18.5 Å². The van der Waals surface area contributed by atoms with E-state index in [-0.39, 0.29) is 6.61 Å². The minimum absolute atomic E-state index is 0.269. The van der Waals surface area contributed by atoms with Gasteiger partial charge >= 0.3 is 11.9 Å². The van der Waals surface area contributed by atoms with E-state index >= 15 is 0 Å². The molecule has 0 saturated carbocycles. The van der Waals surface area contributed by atoms with Gasteiger partial charge in [-0.2, -0.15) is 0 Å². The Morgan fingerprint density at radius 3 is 2.64 bits per heavy atom. The van der Waals surface area contributed by atoms with Crippen LogP contribution in [-0.2, 0) is 27.1 Å². The number of hydrogen-bond acceptors (Lipinski definition) is 7. The van der Waals surface area contributed by atoms with Crippen LogP contribution in [0, 0.1) is 12.8 Å². The smallest absolute Gasteiger partial charge is 0.348 e. The third-order valence-corrected chi connectivity index (χ3v) is 6.67. The maximum atomic E-state index is 12.5. The van der Waals surface area contributed by atoms with Gasteiger partial charge in [0.2, 0.25) is 0 Å². The van der Waals surface area contributed by atoms with Gasteiger partial charge in [0.15, 0.2) is 6.61 Å². The van der Waals surface area contributed by atoms with E-state index in [4.69, 9.17) is 9.47 Å². The van der Waals surface area contributed by atoms with Crippen LogP contribution in [0.3, 0.4) is 0 Å². The van der Waals surface area contributed by atoms with Crippen molar-refractivity contribution in [3.05, 3.63) is 37.9 Å². The van der Waals surface area contributed by atoms with Crippen molar-refractivity contribution in [1.82, 2.24) is 0 Å². The lowest BCUT2D eigenvalue weighted by molar-refractivity contribution is -0.119. The van der Waals surface area contributed by atoms with Crippen LogP contribution in [0.25, 0.3) is 0 Å². The molecule has 2 aromatic heterocycles. The van der Waals surface area contributed by atoms with Crippen molar-refractivity contribution >= 4 is 45.5 Å². The van der Waals surface area contributed by atoms with E-state index in [9.17, 15) is 14.4 Å². The summed E-state index contributed by atoms with van der Waals surface area (Å²) >= 11 is 2.73. The van der Waals surface area contributed by atoms with Gasteiger partial charge in [-0.15, -0.1) is 22.7 Å². The van der Waals surface area contributed by atoms with E-state index < -0.39 is 24.5 Å². The summed E-state index contributed by atoms with van der Waals surface area (Å²) in [6, 6.07) is 3.50. The second-order valence-electron chi connectivity index (χ2n) is 6.81. The minimum Gasteiger partial charge on any atom is -0.462 e. The topological polar surface area (TPSA) is 81.7 Å². The van der Waals surface area contributed by atoms with Crippen LogP contribution < -0.4 is 5.32 Å². The number of amides is 1. The number of fused-ring (bicyclic) bond motifs is 1. The summed E-state index contributed by atoms with van der Waals surface area (Å²) in [6.45, 7) is 5.69. The molecule has 1 unspecified atom stereocenters. The maximum Gasteiger partial charge on any atom is 0.348 e. The minimum atomic E-state index is -0.529. The molecule has 1 atom stereocenters. The molecule has 1 amide bonds. The van der Waals surface area contributed by atoms with Gasteiger partial charge in [0.25, 0.3) is 5.91 Å². The van der Waals surface area contributed by atoms with E-state index in [1.807, 2.05) is 13.0 Å². The first-order valence-corrected chi connectivity index (χ1v) is 10.9. The summed E-state index contributed by atoms with van der Waals surface area (Å²) < 4.78 is 10.3. The zero-order valence-electron chi connectivity index (χ0n) is 16.1. The molecule has 0 fully saturated rings. The molecule has 150 valence electrons. The van der Waals surface area contributed by atoms with E-state index in [0.717, 1.165) is 34.6 Å². The summed E-state index contributed by atoms with van der Waals surface area (Å²) in [5, 5.41) is 3.22. The molecule has 0 saturated heterocycles. The molecule has 3 rings (SSSR count). The number of hydrogen-bond donors (Lipinski definition) is 1. The van der Waals surface area contributed by atoms with Crippen molar-refractivity contribution in [1.29, 1.82) is 0 Å². The Balaban J connectivity index is 1.71. The fraction of sp³-hybridized carbons (Fsp3) is 0.450. The summed E-state index contributed by atoms with van der Waals surface area (Å²) in [7, 11) is 0. The third kappa shape index (κ3) is 4.62. The predicted molar refractivity (Wildman–Crippen MR) is 109 cm³/mol. The largest absolute Gasteiger partial charge is 0.462 e. The zero-order chi connectivity index (χ0) is 20.3. The average Bonchev–Trinajstić information content (AvgIpc) is 3.22. The maximum absolute atomic E-state index is 12.5. The first kappa shape index (κ1) is 20.5. The highest BCUT2D eigenvalue weighted by Crippen LogP contribution is 2.40. The number of nitrogens with one attached hydrogen (secondary N) is 1. The van der Waals surface area contributed by atoms with Crippen LogP contribution in [0.5, 0.6) is 0 Å². The van der Waals surface area contributed by atoms with Crippen molar-refractivity contribution in [3.8, 4) is 0 Å². The number of esters is 2. The average molecular weight is 422 g/mol. The van der Waals surface area contributed by atoms with Gasteiger partial charge in [0.05, 0.1) is 12.2 Å². The number of ether oxygens (including phenoxy) is 2. The summed E-state index contributed by atoms with van der Waals surface area (Å²) in [4.78, 5) is 39.4. The van der Waals surface area contributed by atoms with Crippen molar-refractivity contribution in [2.24, 2.45) is 5.92 Å². The van der Waals surface area contributed by atoms with Gasteiger partial charge in [-0.25, -0.2) is 9.59 Å². The van der Waals surface area contributed by atoms with Gasteiger partial charge in [0, 0.05) is 9.75 Å². The molecule has 1 aliphatic rings. The highest BCUT2D eigenvalue weighted by molar-refractivity contribution is 7.17. The lowest BCUT2D eigenvalue weighted by Crippen LogP contribution is -2.21. The Labute approximate surface area is 171 Å². The summed E-state index contributed by atoms with van der Waals surface area (Å²) in [5.74, 6) is -0.882. The SMILES string of the molecule is CCOC(=O)c1c(NC(=O)COC(=O)c2ccc(C)s2)sc2c1CCC(C)C2. The fourth-order valence-electron chi connectivity index (χ4n) is 3.17. The summed E-state index contributed by atoms with van der Waals surface area (Å²) in [6.07, 6.45) is 2.68. The molecule has 1 N–H and O–H groups in total. The van der Waals surface area contributed by atoms with E-state index in [0.29, 0.717) is 21.4 Å². The van der Waals surface area contributed by atoms with Crippen LogP contribution >= 0.6 is 22.7 Å². The Kier molecular flexibility index (Phi) is 6.51. The second-order valence-corrected chi connectivity index (χ2v) is 9.20. The van der Waals surface area contributed by atoms with E-state index in [1.165, 1.54) is 22.7 Å². The monoisotopic (exact) mass is 421 g/mol. The third-order valence-electron chi connectivity index (χ3n) is 4.52. The number of aryl methyl sites for hydroxylation is 1. The predicted octanol–water partition coefficient (Wildman–Crippen LogP) is 4.22. The number of carbonyl (C=O) groups is 3. The van der Waals surface area contributed by atoms with Crippen molar-refractivity contribution in [3.63, 3.8) is 0 Å². The highest BCUT2D eigenvalue weighted by atomic mass is 32.1. The number of thiophene rings is 2. The standard InChI is InChI=1S/C20H23NO5S2/c1-4-25-20(24)17-13-7-5-11(2)9-15(13)28-18(17)21-16(22)10-26-19(23)14-8-6-12(3)27-14/h6,8,11H,4-5,7,9-10H2,1-3H3,(H,21,22). The molecule has 0 aromatic carbocycles. The number of rotatable bonds is 6. The van der Waals surface area contributed by atoms with Crippen LogP contribution in [-0.4, -0.2) is 31.1 Å².